The molecule has 0 radical (unpaired) electrons. The molecule has 0 saturated carbocycles. The number of hydroxylamine groups is 4. The van der Waals surface area contributed by atoms with Crippen LogP contribution < -0.4 is 0 Å². The summed E-state index contributed by atoms with van der Waals surface area (Å²) in [7, 11) is 2.62. The summed E-state index contributed by atoms with van der Waals surface area (Å²) in [6, 6.07) is 9.23. The smallest absolute Gasteiger partial charge is 0.344 e. The van der Waals surface area contributed by atoms with Crippen LogP contribution in [0.3, 0.4) is 0 Å². The second-order valence-corrected chi connectivity index (χ2v) is 6.85. The van der Waals surface area contributed by atoms with Gasteiger partial charge in [-0.1, -0.05) is 63.9 Å². The number of amides is 2. The first-order valence-electron chi connectivity index (χ1n) is 10.7. The van der Waals surface area contributed by atoms with Gasteiger partial charge in [-0.3, -0.25) is 24.1 Å². The summed E-state index contributed by atoms with van der Waals surface area (Å²) in [5, 5.41) is 1.78. The topological polar surface area (TPSA) is 85.4 Å². The molecule has 1 aliphatic rings. The zero-order chi connectivity index (χ0) is 23.2. The number of nitrogens with zero attached hydrogens (tertiary/aromatic N) is 2. The van der Waals surface area contributed by atoms with Crippen molar-refractivity contribution in [2.45, 2.75) is 65.4 Å². The average Bonchev–Trinajstić information content (AvgIpc) is 3.02. The van der Waals surface area contributed by atoms with Gasteiger partial charge < -0.3 is 4.74 Å². The molecule has 1 aromatic carbocycles. The number of carbonyl (C=O) groups is 3. The largest absolute Gasteiger partial charge is 0.462 e. The van der Waals surface area contributed by atoms with Gasteiger partial charge in [-0.05, 0) is 30.9 Å². The summed E-state index contributed by atoms with van der Waals surface area (Å²) in [4.78, 5) is 43.9. The van der Waals surface area contributed by atoms with Crippen LogP contribution in [0.4, 0.5) is 0 Å². The van der Waals surface area contributed by atoms with Gasteiger partial charge >= 0.3 is 17.8 Å². The summed E-state index contributed by atoms with van der Waals surface area (Å²) in [5.74, 6) is -1.42. The molecule has 0 N–H and O–H groups in total. The van der Waals surface area contributed by atoms with E-state index in [0.29, 0.717) is 6.42 Å². The Balaban J connectivity index is 0.000000330. The number of hydrogen-bond donors (Lipinski definition) is 0. The number of ether oxygens (including phenoxy) is 1. The molecule has 1 saturated heterocycles. The van der Waals surface area contributed by atoms with E-state index in [9.17, 15) is 14.4 Å². The maximum absolute atomic E-state index is 11.6. The van der Waals surface area contributed by atoms with E-state index in [2.05, 4.69) is 13.8 Å². The Morgan fingerprint density at radius 3 is 2.00 bits per heavy atom. The predicted octanol–water partition coefficient (Wildman–Crippen LogP) is 4.08. The molecule has 31 heavy (non-hydrogen) atoms. The lowest BCUT2D eigenvalue weighted by molar-refractivity contribution is -0.164. The maximum atomic E-state index is 11.6. The fourth-order valence-electron chi connectivity index (χ4n) is 2.87. The number of hydrogen-bond acceptors (Lipinski definition) is 6. The summed E-state index contributed by atoms with van der Waals surface area (Å²) in [6.45, 7) is 6.08. The third kappa shape index (κ3) is 8.15. The van der Waals surface area contributed by atoms with E-state index in [-0.39, 0.29) is 17.9 Å². The van der Waals surface area contributed by atoms with Crippen LogP contribution in [0.25, 0.3) is 6.08 Å². The van der Waals surface area contributed by atoms with Gasteiger partial charge in [0.15, 0.2) is 5.82 Å². The van der Waals surface area contributed by atoms with Gasteiger partial charge in [0.1, 0.15) is 6.10 Å². The van der Waals surface area contributed by atoms with E-state index in [1.165, 1.54) is 33.5 Å². The highest BCUT2D eigenvalue weighted by Gasteiger charge is 2.43. The number of rotatable bonds is 10. The van der Waals surface area contributed by atoms with E-state index in [0.717, 1.165) is 28.5 Å². The van der Waals surface area contributed by atoms with Crippen LogP contribution in [0.1, 0.15) is 64.9 Å². The molecule has 1 heterocycles. The van der Waals surface area contributed by atoms with E-state index in [1.54, 1.807) is 6.08 Å². The second kappa shape index (κ2) is 14.3. The SMILES string of the molecule is CCCCCC(CC)OC(=O)CC.CON1C(=O)C(=O)N(OC)C1=Cc1ccccc1. The number of benzene rings is 1. The molecule has 0 aliphatic carbocycles. The molecule has 1 atom stereocenters. The molecule has 172 valence electrons. The first-order chi connectivity index (χ1) is 14.9. The molecule has 0 aromatic heterocycles. The molecule has 1 unspecified atom stereocenters. The van der Waals surface area contributed by atoms with Crippen molar-refractivity contribution in [3.8, 4) is 0 Å². The van der Waals surface area contributed by atoms with Gasteiger partial charge in [-0.15, -0.1) is 0 Å². The van der Waals surface area contributed by atoms with Crippen molar-refractivity contribution in [2.75, 3.05) is 14.2 Å². The third-order valence-electron chi connectivity index (χ3n) is 4.60. The van der Waals surface area contributed by atoms with Gasteiger partial charge in [0, 0.05) is 6.42 Å². The summed E-state index contributed by atoms with van der Waals surface area (Å²) < 4.78 is 5.26. The monoisotopic (exact) mass is 434 g/mol. The lowest BCUT2D eigenvalue weighted by Gasteiger charge is -2.17. The van der Waals surface area contributed by atoms with Crippen LogP contribution in [0.15, 0.2) is 36.2 Å². The number of unbranched alkanes of at least 4 members (excludes halogenated alkanes) is 2. The summed E-state index contributed by atoms with van der Waals surface area (Å²) in [5.41, 5.74) is 0.819. The van der Waals surface area contributed by atoms with Crippen LogP contribution in [-0.4, -0.2) is 48.2 Å². The Kier molecular flexibility index (Phi) is 12.2. The van der Waals surface area contributed by atoms with E-state index in [4.69, 9.17) is 14.4 Å². The molecule has 2 rings (SSSR count). The highest BCUT2D eigenvalue weighted by atomic mass is 16.7. The van der Waals surface area contributed by atoms with Gasteiger partial charge in [0.2, 0.25) is 0 Å². The van der Waals surface area contributed by atoms with E-state index >= 15 is 0 Å². The van der Waals surface area contributed by atoms with Crippen molar-refractivity contribution in [1.82, 2.24) is 10.1 Å². The Labute approximate surface area is 184 Å². The van der Waals surface area contributed by atoms with E-state index < -0.39 is 11.8 Å². The van der Waals surface area contributed by atoms with Crippen molar-refractivity contribution in [3.05, 3.63) is 41.7 Å². The standard InChI is InChI=1S/C12H12N2O4.C11H22O2/c1-17-13-10(8-9-6-4-3-5-7-9)14(18-2)12(16)11(13)15;1-4-7-8-9-10(5-2)13-11(12)6-3/h3-8H,1-2H3;10H,4-9H2,1-3H3. The lowest BCUT2D eigenvalue weighted by Crippen LogP contribution is -2.26. The minimum Gasteiger partial charge on any atom is -0.462 e. The van der Waals surface area contributed by atoms with Crippen LogP contribution in [-0.2, 0) is 28.8 Å². The zero-order valence-electron chi connectivity index (χ0n) is 19.1. The molecule has 0 spiro atoms. The number of esters is 1. The van der Waals surface area contributed by atoms with Gasteiger partial charge in [-0.25, -0.2) is 0 Å². The Morgan fingerprint density at radius 2 is 1.55 bits per heavy atom. The van der Waals surface area contributed by atoms with Crippen LogP contribution in [0, 0.1) is 0 Å². The molecule has 2 amide bonds. The van der Waals surface area contributed by atoms with Crippen molar-refractivity contribution < 1.29 is 28.8 Å². The van der Waals surface area contributed by atoms with E-state index in [1.807, 2.05) is 37.3 Å². The van der Waals surface area contributed by atoms with Gasteiger partial charge in [0.05, 0.1) is 14.2 Å². The van der Waals surface area contributed by atoms with Gasteiger partial charge in [0.25, 0.3) is 0 Å². The Morgan fingerprint density at radius 1 is 0.968 bits per heavy atom. The predicted molar refractivity (Wildman–Crippen MR) is 117 cm³/mol. The molecule has 1 aromatic rings. The highest BCUT2D eigenvalue weighted by molar-refractivity contribution is 6.37. The quantitative estimate of drug-likeness (QED) is 0.313. The van der Waals surface area contributed by atoms with Crippen molar-refractivity contribution in [1.29, 1.82) is 0 Å². The third-order valence-corrected chi connectivity index (χ3v) is 4.60. The Bertz CT molecular complexity index is 711. The summed E-state index contributed by atoms with van der Waals surface area (Å²) >= 11 is 0. The zero-order valence-corrected chi connectivity index (χ0v) is 19.1. The van der Waals surface area contributed by atoms with Crippen molar-refractivity contribution in [3.63, 3.8) is 0 Å². The fraction of sp³-hybridized carbons (Fsp3) is 0.522. The first kappa shape index (κ1) is 26.3. The van der Waals surface area contributed by atoms with Crippen LogP contribution >= 0.6 is 0 Å². The summed E-state index contributed by atoms with van der Waals surface area (Å²) in [6.07, 6.45) is 7.86. The highest BCUT2D eigenvalue weighted by Crippen LogP contribution is 2.23. The van der Waals surface area contributed by atoms with Crippen molar-refractivity contribution in [2.24, 2.45) is 0 Å². The van der Waals surface area contributed by atoms with Crippen LogP contribution in [0.5, 0.6) is 0 Å². The average molecular weight is 435 g/mol. The van der Waals surface area contributed by atoms with Crippen LogP contribution in [0.2, 0.25) is 0 Å². The minimum absolute atomic E-state index is 0.0663. The first-order valence-corrected chi connectivity index (χ1v) is 10.7. The fourth-order valence-corrected chi connectivity index (χ4v) is 2.87. The molecular weight excluding hydrogens is 400 g/mol. The number of carbonyl (C=O) groups excluding carboxylic acids is 3. The second-order valence-electron chi connectivity index (χ2n) is 6.85. The maximum Gasteiger partial charge on any atom is 0.344 e. The van der Waals surface area contributed by atoms with Crippen molar-refractivity contribution >= 4 is 23.9 Å². The molecular formula is C23H34N2O6. The molecule has 8 nitrogen and oxygen atoms in total. The lowest BCUT2D eigenvalue weighted by atomic mass is 10.1. The Hall–Kier alpha value is -2.71. The normalized spacial score (nSPS) is 14.3. The molecule has 0 bridgehead atoms. The molecule has 1 aliphatic heterocycles. The molecule has 1 fully saturated rings. The van der Waals surface area contributed by atoms with Gasteiger partial charge in [-0.2, -0.15) is 10.1 Å². The molecule has 8 heteroatoms. The minimum atomic E-state index is -0.790.